The highest BCUT2D eigenvalue weighted by molar-refractivity contribution is 5.98. The molecular weight excluding hydrogens is 488 g/mol. The number of fused-ring (bicyclic) bond motifs is 2. The van der Waals surface area contributed by atoms with Crippen molar-refractivity contribution < 1.29 is 13.6 Å². The molecule has 0 saturated carbocycles. The first-order valence-electron chi connectivity index (χ1n) is 12.1. The van der Waals surface area contributed by atoms with Gasteiger partial charge < -0.3 is 10.3 Å². The molecule has 0 aliphatic heterocycles. The van der Waals surface area contributed by atoms with Gasteiger partial charge in [0.25, 0.3) is 0 Å². The first-order chi connectivity index (χ1) is 18.5. The summed E-state index contributed by atoms with van der Waals surface area (Å²) in [5.74, 6) is -0.739. The lowest BCUT2D eigenvalue weighted by atomic mass is 10.0. The summed E-state index contributed by atoms with van der Waals surface area (Å²) in [5.41, 5.74) is 3.86. The molecule has 0 bridgehead atoms. The number of aromatic amines is 2. The van der Waals surface area contributed by atoms with Gasteiger partial charge in [-0.15, -0.1) is 0 Å². The molecule has 3 N–H and O–H groups in total. The van der Waals surface area contributed by atoms with E-state index in [9.17, 15) is 9.18 Å². The quantitative estimate of drug-likeness (QED) is 0.246. The predicted octanol–water partition coefficient (Wildman–Crippen LogP) is 6.25. The number of carbonyl (C=O) groups excluding carboxylic acids is 1. The summed E-state index contributed by atoms with van der Waals surface area (Å²) in [7, 11) is 0. The third kappa shape index (κ3) is 4.05. The summed E-state index contributed by atoms with van der Waals surface area (Å²) in [5, 5.41) is 10.2. The minimum absolute atomic E-state index is 0.132. The predicted molar refractivity (Wildman–Crippen MR) is 141 cm³/mol. The monoisotopic (exact) mass is 509 g/mol. The second-order valence-corrected chi connectivity index (χ2v) is 8.80. The molecule has 0 saturated heterocycles. The van der Waals surface area contributed by atoms with Crippen LogP contribution >= 0.6 is 0 Å². The van der Waals surface area contributed by atoms with Crippen LogP contribution in [0.25, 0.3) is 55.8 Å². The summed E-state index contributed by atoms with van der Waals surface area (Å²) < 4.78 is 30.6. The van der Waals surface area contributed by atoms with Crippen molar-refractivity contribution in [3.8, 4) is 33.8 Å². The van der Waals surface area contributed by atoms with Gasteiger partial charge in [0.05, 0.1) is 28.3 Å². The number of benzene rings is 2. The summed E-state index contributed by atoms with van der Waals surface area (Å²) >= 11 is 0. The van der Waals surface area contributed by atoms with Gasteiger partial charge in [0.15, 0.2) is 11.5 Å². The van der Waals surface area contributed by atoms with E-state index in [1.165, 1.54) is 18.5 Å². The molecule has 4 heterocycles. The molecule has 8 nitrogen and oxygen atoms in total. The normalized spacial score (nSPS) is 11.3. The Morgan fingerprint density at radius 2 is 1.89 bits per heavy atom. The average Bonchev–Trinajstić information content (AvgIpc) is 3.54. The molecule has 0 atom stereocenters. The molecule has 1 amide bonds. The zero-order valence-corrected chi connectivity index (χ0v) is 20.2. The number of carbonyl (C=O) groups is 1. The van der Waals surface area contributed by atoms with Gasteiger partial charge in [-0.05, 0) is 36.8 Å². The van der Waals surface area contributed by atoms with E-state index in [0.29, 0.717) is 57.5 Å². The molecule has 188 valence electrons. The SMILES string of the molecule is CCCC(=O)Nc1cncc(-c2ccc3[nH]nc(-c4nc5nccc(-c6ccccc6F)c5[nH]4)c3c2F)c1. The highest BCUT2D eigenvalue weighted by atomic mass is 19.1. The molecule has 0 unspecified atom stereocenters. The van der Waals surface area contributed by atoms with Crippen molar-refractivity contribution in [2.24, 2.45) is 0 Å². The van der Waals surface area contributed by atoms with Crippen molar-refractivity contribution in [2.45, 2.75) is 19.8 Å². The summed E-state index contributed by atoms with van der Waals surface area (Å²) in [6, 6.07) is 13.2. The third-order valence-electron chi connectivity index (χ3n) is 6.26. The number of nitrogens with one attached hydrogen (secondary N) is 3. The van der Waals surface area contributed by atoms with Crippen LogP contribution < -0.4 is 5.32 Å². The van der Waals surface area contributed by atoms with Crippen molar-refractivity contribution in [1.82, 2.24) is 30.1 Å². The van der Waals surface area contributed by atoms with Gasteiger partial charge in [-0.25, -0.2) is 18.7 Å². The zero-order valence-electron chi connectivity index (χ0n) is 20.2. The van der Waals surface area contributed by atoms with Gasteiger partial charge in [0.1, 0.15) is 17.3 Å². The smallest absolute Gasteiger partial charge is 0.224 e. The number of anilines is 1. The van der Waals surface area contributed by atoms with Crippen LogP contribution in [0.15, 0.2) is 67.1 Å². The third-order valence-corrected chi connectivity index (χ3v) is 6.26. The molecule has 4 aromatic heterocycles. The van der Waals surface area contributed by atoms with E-state index >= 15 is 4.39 Å². The van der Waals surface area contributed by atoms with Crippen LogP contribution in [-0.4, -0.2) is 36.0 Å². The number of H-pyrrole nitrogens is 2. The highest BCUT2D eigenvalue weighted by Crippen LogP contribution is 2.35. The van der Waals surface area contributed by atoms with Crippen molar-refractivity contribution in [1.29, 1.82) is 0 Å². The Labute approximate surface area is 215 Å². The lowest BCUT2D eigenvalue weighted by Gasteiger charge is -2.08. The van der Waals surface area contributed by atoms with E-state index in [1.54, 1.807) is 48.7 Å². The van der Waals surface area contributed by atoms with Crippen LogP contribution in [0.2, 0.25) is 0 Å². The number of amides is 1. The molecule has 0 radical (unpaired) electrons. The molecule has 2 aromatic carbocycles. The molecule has 0 fully saturated rings. The fourth-order valence-corrected chi connectivity index (χ4v) is 4.50. The minimum Gasteiger partial charge on any atom is -0.335 e. The summed E-state index contributed by atoms with van der Waals surface area (Å²) in [6.45, 7) is 1.92. The molecule has 0 aliphatic carbocycles. The Hall–Kier alpha value is -4.99. The Morgan fingerprint density at radius 1 is 1.03 bits per heavy atom. The number of aromatic nitrogens is 6. The lowest BCUT2D eigenvalue weighted by molar-refractivity contribution is -0.116. The first-order valence-corrected chi connectivity index (χ1v) is 12.1. The van der Waals surface area contributed by atoms with Gasteiger partial charge in [0.2, 0.25) is 5.91 Å². The fourth-order valence-electron chi connectivity index (χ4n) is 4.50. The van der Waals surface area contributed by atoms with Gasteiger partial charge in [-0.2, -0.15) is 5.10 Å². The Kier molecular flexibility index (Phi) is 5.83. The number of hydrogen-bond acceptors (Lipinski definition) is 5. The van der Waals surface area contributed by atoms with Crippen molar-refractivity contribution >= 4 is 33.7 Å². The van der Waals surface area contributed by atoms with E-state index < -0.39 is 5.82 Å². The maximum absolute atomic E-state index is 16.0. The maximum atomic E-state index is 16.0. The largest absolute Gasteiger partial charge is 0.335 e. The van der Waals surface area contributed by atoms with Crippen LogP contribution in [0.5, 0.6) is 0 Å². The second-order valence-electron chi connectivity index (χ2n) is 8.80. The molecule has 6 rings (SSSR count). The van der Waals surface area contributed by atoms with Gasteiger partial charge >= 0.3 is 0 Å². The molecule has 0 aliphatic rings. The number of nitrogens with zero attached hydrogens (tertiary/aromatic N) is 4. The second kappa shape index (κ2) is 9.47. The topological polar surface area (TPSA) is 112 Å². The Morgan fingerprint density at radius 3 is 2.74 bits per heavy atom. The van der Waals surface area contributed by atoms with E-state index in [4.69, 9.17) is 0 Å². The van der Waals surface area contributed by atoms with Gasteiger partial charge in [-0.1, -0.05) is 25.1 Å². The summed E-state index contributed by atoms with van der Waals surface area (Å²) in [6.07, 6.45) is 5.70. The van der Waals surface area contributed by atoms with Crippen molar-refractivity contribution in [3.05, 3.63) is 78.8 Å². The van der Waals surface area contributed by atoms with Crippen molar-refractivity contribution in [3.63, 3.8) is 0 Å². The molecule has 10 heteroatoms. The summed E-state index contributed by atoms with van der Waals surface area (Å²) in [4.78, 5) is 28.2. The average molecular weight is 510 g/mol. The number of imidazole rings is 1. The molecule has 6 aromatic rings. The Balaban J connectivity index is 1.45. The van der Waals surface area contributed by atoms with Crippen LogP contribution in [0.1, 0.15) is 19.8 Å². The van der Waals surface area contributed by atoms with E-state index in [0.717, 1.165) is 0 Å². The van der Waals surface area contributed by atoms with Crippen molar-refractivity contribution in [2.75, 3.05) is 5.32 Å². The lowest BCUT2D eigenvalue weighted by Crippen LogP contribution is -2.10. The molecular formula is C28H21F2N7O. The number of halogens is 2. The first kappa shape index (κ1) is 23.4. The van der Waals surface area contributed by atoms with Gasteiger partial charge in [-0.3, -0.25) is 14.9 Å². The standard InChI is InChI=1S/C28H21F2N7O/c1-2-5-22(38)33-16-12-15(13-31-14-16)17-8-9-21-23(24(17)30)26(37-36-21)28-34-25-19(10-11-32-27(25)35-28)18-6-3-4-7-20(18)29/h3-4,6-14H,2,5H2,1H3,(H,33,38)(H,36,37)(H,32,34,35). The van der Waals surface area contributed by atoms with Crippen LogP contribution in [0.3, 0.4) is 0 Å². The number of hydrogen-bond donors (Lipinski definition) is 3. The van der Waals surface area contributed by atoms with Gasteiger partial charge in [0, 0.05) is 41.1 Å². The number of pyridine rings is 2. The van der Waals surface area contributed by atoms with Crippen LogP contribution in [-0.2, 0) is 4.79 Å². The van der Waals surface area contributed by atoms with E-state index in [2.05, 4.69) is 35.5 Å². The highest BCUT2D eigenvalue weighted by Gasteiger charge is 2.21. The number of rotatable bonds is 6. The Bertz CT molecular complexity index is 1830. The van der Waals surface area contributed by atoms with Crippen LogP contribution in [0, 0.1) is 11.6 Å². The maximum Gasteiger partial charge on any atom is 0.224 e. The zero-order chi connectivity index (χ0) is 26.2. The van der Waals surface area contributed by atoms with E-state index in [-0.39, 0.29) is 28.6 Å². The molecule has 38 heavy (non-hydrogen) atoms. The minimum atomic E-state index is -0.521. The van der Waals surface area contributed by atoms with Crippen LogP contribution in [0.4, 0.5) is 14.5 Å². The fraction of sp³-hybridized carbons (Fsp3) is 0.107. The molecule has 0 spiro atoms. The van der Waals surface area contributed by atoms with E-state index in [1.807, 2.05) is 6.92 Å².